The van der Waals surface area contributed by atoms with Crippen molar-refractivity contribution in [2.24, 2.45) is 28.2 Å². The highest BCUT2D eigenvalue weighted by atomic mass is 32.1. The summed E-state index contributed by atoms with van der Waals surface area (Å²) in [6.07, 6.45) is 10.4. The van der Waals surface area contributed by atoms with Crippen LogP contribution in [0.4, 0.5) is 0 Å². The van der Waals surface area contributed by atoms with Crippen LogP contribution in [-0.4, -0.2) is 11.7 Å². The van der Waals surface area contributed by atoms with Gasteiger partial charge in [-0.2, -0.15) is 0 Å². The number of nitrogens with zero attached hydrogens (tertiary/aromatic N) is 1. The van der Waals surface area contributed by atoms with Gasteiger partial charge in [-0.05, 0) is 80.3 Å². The number of isothiocyanates is 1. The Labute approximate surface area is 97.4 Å². The largest absolute Gasteiger partial charge is 0.233 e. The SMILES string of the molecule is S=C=NCCC12CC3CC(CC(C3)C1)C2. The molecule has 82 valence electrons. The summed E-state index contributed by atoms with van der Waals surface area (Å²) in [6, 6.07) is 0. The van der Waals surface area contributed by atoms with Crippen molar-refractivity contribution in [3.05, 3.63) is 0 Å². The second-order valence-corrected chi connectivity index (χ2v) is 6.32. The molecule has 0 unspecified atom stereocenters. The molecular weight excluding hydrogens is 202 g/mol. The third-order valence-electron chi connectivity index (χ3n) is 4.98. The van der Waals surface area contributed by atoms with Crippen LogP contribution in [0.25, 0.3) is 0 Å². The van der Waals surface area contributed by atoms with Crippen molar-refractivity contribution in [1.29, 1.82) is 0 Å². The van der Waals surface area contributed by atoms with Crippen LogP contribution in [0.2, 0.25) is 0 Å². The van der Waals surface area contributed by atoms with Gasteiger partial charge in [-0.1, -0.05) is 0 Å². The Morgan fingerprint density at radius 1 is 1.07 bits per heavy atom. The number of aliphatic imine (C=N–C) groups is 1. The lowest BCUT2D eigenvalue weighted by atomic mass is 9.49. The molecule has 0 atom stereocenters. The molecule has 2 heteroatoms. The summed E-state index contributed by atoms with van der Waals surface area (Å²) < 4.78 is 0. The second-order valence-electron chi connectivity index (χ2n) is 6.14. The molecule has 0 saturated heterocycles. The lowest BCUT2D eigenvalue weighted by molar-refractivity contribution is -0.0556. The molecule has 4 rings (SSSR count). The predicted molar refractivity (Wildman–Crippen MR) is 65.1 cm³/mol. The molecule has 15 heavy (non-hydrogen) atoms. The summed E-state index contributed by atoms with van der Waals surface area (Å²) >= 11 is 4.64. The first-order valence-electron chi connectivity index (χ1n) is 6.33. The Hall–Kier alpha value is -0.200. The van der Waals surface area contributed by atoms with E-state index in [0.29, 0.717) is 5.41 Å². The average molecular weight is 221 g/mol. The van der Waals surface area contributed by atoms with Gasteiger partial charge in [0.05, 0.1) is 5.16 Å². The molecule has 0 aromatic rings. The summed E-state index contributed by atoms with van der Waals surface area (Å²) in [7, 11) is 0. The maximum absolute atomic E-state index is 4.64. The van der Waals surface area contributed by atoms with Crippen LogP contribution in [-0.2, 0) is 0 Å². The van der Waals surface area contributed by atoms with E-state index in [1.165, 1.54) is 44.9 Å². The van der Waals surface area contributed by atoms with E-state index in [0.717, 1.165) is 24.3 Å². The van der Waals surface area contributed by atoms with E-state index in [-0.39, 0.29) is 0 Å². The van der Waals surface area contributed by atoms with Gasteiger partial charge in [0.1, 0.15) is 0 Å². The monoisotopic (exact) mass is 221 g/mol. The maximum atomic E-state index is 4.64. The van der Waals surface area contributed by atoms with Gasteiger partial charge in [-0.15, -0.1) is 0 Å². The van der Waals surface area contributed by atoms with Crippen LogP contribution < -0.4 is 0 Å². The number of rotatable bonds is 3. The Bertz CT molecular complexity index is 268. The first-order chi connectivity index (χ1) is 7.30. The molecule has 0 aromatic carbocycles. The van der Waals surface area contributed by atoms with Gasteiger partial charge in [-0.3, -0.25) is 0 Å². The van der Waals surface area contributed by atoms with E-state index in [4.69, 9.17) is 0 Å². The summed E-state index contributed by atoms with van der Waals surface area (Å²) in [5.74, 6) is 3.19. The van der Waals surface area contributed by atoms with Crippen LogP contribution in [0.15, 0.2) is 4.99 Å². The van der Waals surface area contributed by atoms with E-state index in [1.807, 2.05) is 0 Å². The summed E-state index contributed by atoms with van der Waals surface area (Å²) in [5, 5.41) is 2.51. The number of hydrogen-bond donors (Lipinski definition) is 0. The molecular formula is C13H19NS. The Morgan fingerprint density at radius 3 is 2.07 bits per heavy atom. The highest BCUT2D eigenvalue weighted by molar-refractivity contribution is 7.78. The van der Waals surface area contributed by atoms with E-state index in [9.17, 15) is 0 Å². The molecule has 4 saturated carbocycles. The van der Waals surface area contributed by atoms with Crippen molar-refractivity contribution in [2.75, 3.05) is 6.54 Å². The number of hydrogen-bond acceptors (Lipinski definition) is 2. The fourth-order valence-electron chi connectivity index (χ4n) is 4.93. The lowest BCUT2D eigenvalue weighted by Gasteiger charge is -2.57. The quantitative estimate of drug-likeness (QED) is 0.523. The van der Waals surface area contributed by atoms with Crippen molar-refractivity contribution in [2.45, 2.75) is 44.9 Å². The molecule has 4 aliphatic rings. The van der Waals surface area contributed by atoms with Gasteiger partial charge in [-0.25, -0.2) is 4.99 Å². The molecule has 4 fully saturated rings. The van der Waals surface area contributed by atoms with Crippen LogP contribution in [0.3, 0.4) is 0 Å². The van der Waals surface area contributed by atoms with Crippen LogP contribution in [0.1, 0.15) is 44.9 Å². The van der Waals surface area contributed by atoms with Gasteiger partial charge in [0.15, 0.2) is 0 Å². The molecule has 0 radical (unpaired) electrons. The highest BCUT2D eigenvalue weighted by Gasteiger charge is 2.50. The van der Waals surface area contributed by atoms with Crippen LogP contribution in [0.5, 0.6) is 0 Å². The minimum atomic E-state index is 0.671. The predicted octanol–water partition coefficient (Wildman–Crippen LogP) is 3.70. The normalized spacial score (nSPS) is 46.5. The van der Waals surface area contributed by atoms with E-state index < -0.39 is 0 Å². The van der Waals surface area contributed by atoms with Crippen molar-refractivity contribution in [3.8, 4) is 0 Å². The van der Waals surface area contributed by atoms with Crippen molar-refractivity contribution in [3.63, 3.8) is 0 Å². The summed E-state index contributed by atoms with van der Waals surface area (Å²) in [6.45, 7) is 0.926. The van der Waals surface area contributed by atoms with Crippen molar-refractivity contribution < 1.29 is 0 Å². The molecule has 0 heterocycles. The van der Waals surface area contributed by atoms with E-state index in [1.54, 1.807) is 0 Å². The van der Waals surface area contributed by atoms with Gasteiger partial charge in [0.2, 0.25) is 0 Å². The number of thiocarbonyl (C=S) groups is 1. The van der Waals surface area contributed by atoms with Crippen molar-refractivity contribution in [1.82, 2.24) is 0 Å². The highest BCUT2D eigenvalue weighted by Crippen LogP contribution is 2.61. The fourth-order valence-corrected chi connectivity index (χ4v) is 5.03. The molecule has 0 spiro atoms. The average Bonchev–Trinajstić information content (AvgIpc) is 2.15. The minimum Gasteiger partial charge on any atom is -0.233 e. The van der Waals surface area contributed by atoms with Gasteiger partial charge >= 0.3 is 0 Å². The molecule has 0 N–H and O–H groups in total. The minimum absolute atomic E-state index is 0.671. The van der Waals surface area contributed by atoms with E-state index >= 15 is 0 Å². The standard InChI is InChI=1S/C13H19NS/c15-9-14-2-1-13-6-10-3-11(7-13)5-12(4-10)8-13/h10-12H,1-8H2. The first kappa shape index (κ1) is 9.99. The summed E-state index contributed by atoms with van der Waals surface area (Å²) in [5.41, 5.74) is 0.671. The Kier molecular flexibility index (Phi) is 2.45. The first-order valence-corrected chi connectivity index (χ1v) is 6.74. The van der Waals surface area contributed by atoms with Crippen molar-refractivity contribution >= 4 is 17.4 Å². The zero-order chi connectivity index (χ0) is 10.3. The second kappa shape index (κ2) is 3.68. The molecule has 0 amide bonds. The van der Waals surface area contributed by atoms with Gasteiger partial charge in [0, 0.05) is 6.54 Å². The third kappa shape index (κ3) is 1.79. The molecule has 1 nitrogen and oxygen atoms in total. The third-order valence-corrected chi connectivity index (χ3v) is 5.11. The molecule has 4 aliphatic carbocycles. The molecule has 0 aromatic heterocycles. The zero-order valence-corrected chi connectivity index (χ0v) is 10.1. The van der Waals surface area contributed by atoms with Crippen LogP contribution in [0, 0.1) is 23.2 Å². The summed E-state index contributed by atoms with van der Waals surface area (Å²) in [4.78, 5) is 4.11. The smallest absolute Gasteiger partial charge is 0.0584 e. The lowest BCUT2D eigenvalue weighted by Crippen LogP contribution is -2.46. The zero-order valence-electron chi connectivity index (χ0n) is 9.24. The van der Waals surface area contributed by atoms with E-state index in [2.05, 4.69) is 22.4 Å². The van der Waals surface area contributed by atoms with Gasteiger partial charge < -0.3 is 0 Å². The fraction of sp³-hybridized carbons (Fsp3) is 0.923. The topological polar surface area (TPSA) is 12.4 Å². The van der Waals surface area contributed by atoms with Gasteiger partial charge in [0.25, 0.3) is 0 Å². The van der Waals surface area contributed by atoms with Crippen LogP contribution >= 0.6 is 12.2 Å². The molecule has 4 bridgehead atoms. The molecule has 0 aliphatic heterocycles. The Morgan fingerprint density at radius 2 is 1.60 bits per heavy atom. The maximum Gasteiger partial charge on any atom is 0.0584 e. The Balaban J connectivity index is 1.72.